The van der Waals surface area contributed by atoms with Crippen LogP contribution in [0, 0.1) is 0 Å². The molecule has 244 valence electrons. The van der Waals surface area contributed by atoms with Crippen LogP contribution in [-0.2, 0) is 15.9 Å². The number of likely N-dealkylation sites (tertiary alicyclic amines) is 2. The smallest absolute Gasteiger partial charge is 0.410 e. The number of carbonyl (C=O) groups excluding carboxylic acids is 2. The number of hydrogen-bond acceptors (Lipinski definition) is 7. The molecule has 0 bridgehead atoms. The molecule has 2 aliphatic heterocycles. The Morgan fingerprint density at radius 3 is 2.22 bits per heavy atom. The van der Waals surface area contributed by atoms with Gasteiger partial charge in [0, 0.05) is 24.4 Å². The highest BCUT2D eigenvalue weighted by Gasteiger charge is 2.36. The number of ether oxygens (including phenoxy) is 2. The minimum Gasteiger partial charge on any atom is -0.444 e. The van der Waals surface area contributed by atoms with Crippen molar-refractivity contribution in [3.8, 4) is 10.6 Å². The summed E-state index contributed by atoms with van der Waals surface area (Å²) >= 11 is 1.73. The SMILES string of the molecule is CC(C)(C)OC(=O)N1CCC[C@H]1c1ncc(-c2ccc(C/C=C/c3ccc4nc([C@@H]5CCCN5C(=O)OC(C)(C)C)[nH]c4c3)s2)[nH]1. The van der Waals surface area contributed by atoms with Gasteiger partial charge in [0.05, 0.1) is 39.9 Å². The monoisotopic (exact) mass is 644 g/mol. The Bertz CT molecular complexity index is 1740. The first kappa shape index (κ1) is 31.8. The summed E-state index contributed by atoms with van der Waals surface area (Å²) in [7, 11) is 0. The Morgan fingerprint density at radius 1 is 0.913 bits per heavy atom. The summed E-state index contributed by atoms with van der Waals surface area (Å²) in [5.74, 6) is 1.61. The highest BCUT2D eigenvalue weighted by atomic mass is 32.1. The zero-order valence-electron chi connectivity index (χ0n) is 27.6. The fourth-order valence-electron chi connectivity index (χ4n) is 6.06. The number of carbonyl (C=O) groups is 2. The van der Waals surface area contributed by atoms with Crippen molar-refractivity contribution in [1.29, 1.82) is 0 Å². The maximum absolute atomic E-state index is 12.8. The van der Waals surface area contributed by atoms with Crippen molar-refractivity contribution < 1.29 is 19.1 Å². The molecule has 2 amide bonds. The van der Waals surface area contributed by atoms with E-state index in [2.05, 4.69) is 51.4 Å². The van der Waals surface area contributed by atoms with Gasteiger partial charge in [0.1, 0.15) is 22.9 Å². The van der Waals surface area contributed by atoms with Gasteiger partial charge in [-0.05, 0) is 97.1 Å². The first-order valence-electron chi connectivity index (χ1n) is 16.1. The molecule has 0 aliphatic carbocycles. The summed E-state index contributed by atoms with van der Waals surface area (Å²) in [4.78, 5) is 47.9. The van der Waals surface area contributed by atoms with Crippen LogP contribution in [0.25, 0.3) is 27.7 Å². The molecule has 10 nitrogen and oxygen atoms in total. The third-order valence-corrected chi connectivity index (χ3v) is 9.21. The van der Waals surface area contributed by atoms with Crippen molar-refractivity contribution in [3.05, 3.63) is 64.7 Å². The molecule has 11 heteroatoms. The molecule has 4 aromatic rings. The Hall–Kier alpha value is -4.12. The van der Waals surface area contributed by atoms with Gasteiger partial charge in [-0.1, -0.05) is 18.2 Å². The molecule has 0 unspecified atom stereocenters. The van der Waals surface area contributed by atoms with Crippen molar-refractivity contribution in [2.24, 2.45) is 0 Å². The zero-order valence-corrected chi connectivity index (χ0v) is 28.4. The van der Waals surface area contributed by atoms with Crippen molar-refractivity contribution in [2.75, 3.05) is 13.1 Å². The molecule has 0 saturated carbocycles. The normalized spacial score (nSPS) is 19.1. The first-order chi connectivity index (χ1) is 21.8. The lowest BCUT2D eigenvalue weighted by Gasteiger charge is -2.27. The standard InChI is InChI=1S/C35H44N6O4S/c1-34(2,3)44-32(42)40-18-8-12-27(40)30-36-21-26(39-30)29-17-15-23(46-29)11-7-10-22-14-16-24-25(20-22)38-31(37-24)28-13-9-19-41(28)33(43)45-35(4,5)6/h7,10,14-17,20-21,27-28H,8-9,11-13,18-19H2,1-6H3,(H,36,39)(H,37,38)/b10-7+/t27-,28-/m0/s1. The second kappa shape index (κ2) is 12.6. The lowest BCUT2D eigenvalue weighted by molar-refractivity contribution is 0.0208. The molecule has 2 aliphatic rings. The second-order valence-electron chi connectivity index (χ2n) is 14.1. The van der Waals surface area contributed by atoms with Gasteiger partial charge >= 0.3 is 12.2 Å². The highest BCUT2D eigenvalue weighted by Crippen LogP contribution is 2.35. The topological polar surface area (TPSA) is 116 Å². The van der Waals surface area contributed by atoms with E-state index in [9.17, 15) is 9.59 Å². The third kappa shape index (κ3) is 7.30. The quantitative estimate of drug-likeness (QED) is 0.218. The summed E-state index contributed by atoms with van der Waals surface area (Å²) < 4.78 is 11.3. The molecule has 0 spiro atoms. The molecule has 2 N–H and O–H groups in total. The van der Waals surface area contributed by atoms with Crippen LogP contribution in [0.1, 0.15) is 101 Å². The molecule has 6 rings (SSSR count). The van der Waals surface area contributed by atoms with E-state index in [1.54, 1.807) is 21.1 Å². The van der Waals surface area contributed by atoms with Crippen molar-refractivity contribution in [1.82, 2.24) is 29.7 Å². The average molecular weight is 645 g/mol. The number of imidazole rings is 2. The van der Waals surface area contributed by atoms with Crippen LogP contribution >= 0.6 is 11.3 Å². The van der Waals surface area contributed by atoms with Crippen molar-refractivity contribution in [2.45, 2.75) is 96.9 Å². The number of hydrogen-bond donors (Lipinski definition) is 2. The summed E-state index contributed by atoms with van der Waals surface area (Å²) in [5, 5.41) is 0. The Kier molecular flexibility index (Phi) is 8.71. The summed E-state index contributed by atoms with van der Waals surface area (Å²) in [6.45, 7) is 12.7. The van der Waals surface area contributed by atoms with E-state index in [4.69, 9.17) is 14.5 Å². The van der Waals surface area contributed by atoms with Crippen molar-refractivity contribution >= 4 is 40.6 Å². The van der Waals surface area contributed by atoms with Gasteiger partial charge in [-0.3, -0.25) is 9.80 Å². The molecule has 2 saturated heterocycles. The van der Waals surface area contributed by atoms with Gasteiger partial charge in [-0.2, -0.15) is 0 Å². The number of allylic oxidation sites excluding steroid dienone is 1. The molecule has 2 atom stereocenters. The minimum absolute atomic E-state index is 0.101. The van der Waals surface area contributed by atoms with Gasteiger partial charge in [0.15, 0.2) is 0 Å². The van der Waals surface area contributed by atoms with Gasteiger partial charge in [-0.15, -0.1) is 11.3 Å². The van der Waals surface area contributed by atoms with Crippen LogP contribution in [0.3, 0.4) is 0 Å². The molecule has 46 heavy (non-hydrogen) atoms. The number of fused-ring (bicyclic) bond motifs is 1. The number of nitrogens with one attached hydrogen (secondary N) is 2. The van der Waals surface area contributed by atoms with Crippen LogP contribution < -0.4 is 0 Å². The number of aromatic amines is 2. The maximum Gasteiger partial charge on any atom is 0.410 e. The lowest BCUT2D eigenvalue weighted by atomic mass is 10.1. The lowest BCUT2D eigenvalue weighted by Crippen LogP contribution is -2.36. The predicted octanol–water partition coefficient (Wildman–Crippen LogP) is 8.41. The predicted molar refractivity (Wildman–Crippen MR) is 181 cm³/mol. The van der Waals surface area contributed by atoms with Gasteiger partial charge in [-0.25, -0.2) is 19.6 Å². The van der Waals surface area contributed by atoms with Crippen LogP contribution in [-0.4, -0.2) is 66.2 Å². The number of H-pyrrole nitrogens is 2. The van der Waals surface area contributed by atoms with E-state index in [1.807, 2.05) is 53.8 Å². The zero-order chi connectivity index (χ0) is 32.6. The van der Waals surface area contributed by atoms with E-state index >= 15 is 0 Å². The minimum atomic E-state index is -0.533. The van der Waals surface area contributed by atoms with Crippen LogP contribution in [0.15, 0.2) is 42.6 Å². The number of benzene rings is 1. The molecule has 1 aromatic carbocycles. The molecule has 5 heterocycles. The molecular formula is C35H44N6O4S. The third-order valence-electron chi connectivity index (χ3n) is 8.07. The van der Waals surface area contributed by atoms with Gasteiger partial charge in [0.2, 0.25) is 0 Å². The number of thiophene rings is 1. The number of rotatable bonds is 6. The fraction of sp³-hybridized carbons (Fsp3) is 0.486. The highest BCUT2D eigenvalue weighted by molar-refractivity contribution is 7.15. The largest absolute Gasteiger partial charge is 0.444 e. The summed E-state index contributed by atoms with van der Waals surface area (Å²) in [5.41, 5.74) is 2.82. The first-order valence-corrected chi connectivity index (χ1v) is 16.9. The maximum atomic E-state index is 12.8. The molecule has 3 aromatic heterocycles. The summed E-state index contributed by atoms with van der Waals surface area (Å²) in [6, 6.07) is 10.3. The Balaban J connectivity index is 1.08. The summed E-state index contributed by atoms with van der Waals surface area (Å²) in [6.07, 6.45) is 9.96. The van der Waals surface area contributed by atoms with Gasteiger partial charge < -0.3 is 19.4 Å². The van der Waals surface area contributed by atoms with E-state index < -0.39 is 11.2 Å². The van der Waals surface area contributed by atoms with E-state index in [0.717, 1.165) is 70.9 Å². The number of nitrogens with zero attached hydrogens (tertiary/aromatic N) is 4. The second-order valence-corrected chi connectivity index (χ2v) is 15.3. The average Bonchev–Trinajstić information content (AvgIpc) is 3.80. The molecule has 0 radical (unpaired) electrons. The fourth-order valence-corrected chi connectivity index (χ4v) is 7.01. The van der Waals surface area contributed by atoms with Crippen LogP contribution in [0.5, 0.6) is 0 Å². The Morgan fingerprint density at radius 2 is 1.57 bits per heavy atom. The number of amides is 2. The van der Waals surface area contributed by atoms with Crippen molar-refractivity contribution in [3.63, 3.8) is 0 Å². The molecule has 2 fully saturated rings. The molecular weight excluding hydrogens is 600 g/mol. The van der Waals surface area contributed by atoms with Crippen LogP contribution in [0.2, 0.25) is 0 Å². The van der Waals surface area contributed by atoms with E-state index in [0.29, 0.717) is 13.1 Å². The van der Waals surface area contributed by atoms with Crippen LogP contribution in [0.4, 0.5) is 9.59 Å². The van der Waals surface area contributed by atoms with E-state index in [1.165, 1.54) is 4.88 Å². The number of aromatic nitrogens is 4. The van der Waals surface area contributed by atoms with Gasteiger partial charge in [0.25, 0.3) is 0 Å². The van der Waals surface area contributed by atoms with E-state index in [-0.39, 0.29) is 24.3 Å². The Labute approximate surface area is 274 Å².